The first-order chi connectivity index (χ1) is 11.4. The summed E-state index contributed by atoms with van der Waals surface area (Å²) in [6.45, 7) is 0.517. The van der Waals surface area contributed by atoms with E-state index in [1.165, 1.54) is 11.0 Å². The van der Waals surface area contributed by atoms with Crippen LogP contribution < -0.4 is 5.32 Å². The van der Waals surface area contributed by atoms with Crippen LogP contribution in [-0.4, -0.2) is 58.3 Å². The summed E-state index contributed by atoms with van der Waals surface area (Å²) in [6, 6.07) is 4.03. The monoisotopic (exact) mass is 340 g/mol. The first kappa shape index (κ1) is 17.7. The molecular weight excluding hydrogens is 323 g/mol. The molecule has 0 aromatic heterocycles. The number of likely N-dealkylation sites (tertiary alicyclic amines) is 1. The number of carboxylic acids is 2. The molecule has 0 aliphatic carbocycles. The lowest BCUT2D eigenvalue weighted by Crippen LogP contribution is -2.59. The van der Waals surface area contributed by atoms with Gasteiger partial charge in [0.15, 0.2) is 0 Å². The van der Waals surface area contributed by atoms with E-state index in [9.17, 15) is 18.8 Å². The standard InChI is InChI=1S/C15H17FN2O6/c16-11-4-2-1-3-9(11)8-24-10-6-18(7-10)15(23)17-12(14(21)22)5-13(19)20/h1-4,10,12H,5-8H2,(H,17,23)(H,19,20)(H,21,22)/t12-/m1/s1. The maximum Gasteiger partial charge on any atom is 0.326 e. The summed E-state index contributed by atoms with van der Waals surface area (Å²) in [7, 11) is 0. The number of hydrogen-bond donors (Lipinski definition) is 3. The quantitative estimate of drug-likeness (QED) is 0.672. The molecule has 2 rings (SSSR count). The predicted molar refractivity (Wildman–Crippen MR) is 78.8 cm³/mol. The van der Waals surface area contributed by atoms with Crippen molar-refractivity contribution in [1.82, 2.24) is 10.2 Å². The summed E-state index contributed by atoms with van der Waals surface area (Å²) in [6.07, 6.45) is -0.986. The zero-order valence-electron chi connectivity index (χ0n) is 12.6. The summed E-state index contributed by atoms with van der Waals surface area (Å²) in [4.78, 5) is 34.6. The van der Waals surface area contributed by atoms with E-state index in [0.717, 1.165) is 0 Å². The minimum atomic E-state index is -1.49. The molecule has 1 aliphatic rings. The van der Waals surface area contributed by atoms with Gasteiger partial charge < -0.3 is 25.2 Å². The molecule has 0 saturated carbocycles. The van der Waals surface area contributed by atoms with Crippen molar-refractivity contribution in [2.24, 2.45) is 0 Å². The average molecular weight is 340 g/mol. The summed E-state index contributed by atoms with van der Waals surface area (Å²) in [5.41, 5.74) is 0.410. The number of nitrogens with one attached hydrogen (secondary N) is 1. The first-order valence-corrected chi connectivity index (χ1v) is 7.22. The van der Waals surface area contributed by atoms with Gasteiger partial charge in [-0.25, -0.2) is 14.0 Å². The van der Waals surface area contributed by atoms with E-state index < -0.39 is 30.4 Å². The zero-order chi connectivity index (χ0) is 17.7. The number of aliphatic carboxylic acids is 2. The van der Waals surface area contributed by atoms with Crippen LogP contribution >= 0.6 is 0 Å². The number of carbonyl (C=O) groups excluding carboxylic acids is 1. The molecule has 1 aromatic rings. The van der Waals surface area contributed by atoms with Crippen molar-refractivity contribution in [1.29, 1.82) is 0 Å². The minimum Gasteiger partial charge on any atom is -0.481 e. The average Bonchev–Trinajstić information content (AvgIpc) is 2.46. The molecule has 8 nitrogen and oxygen atoms in total. The van der Waals surface area contributed by atoms with E-state index >= 15 is 0 Å². The highest BCUT2D eigenvalue weighted by atomic mass is 19.1. The molecule has 9 heteroatoms. The number of halogens is 1. The smallest absolute Gasteiger partial charge is 0.326 e. The number of urea groups is 1. The molecule has 1 saturated heterocycles. The van der Waals surface area contributed by atoms with Gasteiger partial charge in [0.05, 0.1) is 32.2 Å². The maximum atomic E-state index is 13.4. The number of nitrogens with zero attached hydrogens (tertiary/aromatic N) is 1. The minimum absolute atomic E-state index is 0.0730. The topological polar surface area (TPSA) is 116 Å². The summed E-state index contributed by atoms with van der Waals surface area (Å²) in [5, 5.41) is 19.6. The van der Waals surface area contributed by atoms with Crippen LogP contribution in [-0.2, 0) is 20.9 Å². The van der Waals surface area contributed by atoms with Gasteiger partial charge in [0.1, 0.15) is 11.9 Å². The van der Waals surface area contributed by atoms with Crippen LogP contribution in [0.25, 0.3) is 0 Å². The Bertz CT molecular complexity index is 632. The van der Waals surface area contributed by atoms with E-state index in [-0.39, 0.29) is 31.6 Å². The van der Waals surface area contributed by atoms with Crippen molar-refractivity contribution >= 4 is 18.0 Å². The lowest BCUT2D eigenvalue weighted by Gasteiger charge is -2.39. The SMILES string of the molecule is O=C(O)C[C@@H](NC(=O)N1CC(OCc2ccccc2F)C1)C(=O)O. The van der Waals surface area contributed by atoms with E-state index in [1.807, 2.05) is 0 Å². The van der Waals surface area contributed by atoms with Crippen LogP contribution in [0, 0.1) is 5.82 Å². The van der Waals surface area contributed by atoms with Crippen molar-refractivity contribution in [2.45, 2.75) is 25.2 Å². The largest absolute Gasteiger partial charge is 0.481 e. The van der Waals surface area contributed by atoms with Gasteiger partial charge in [0.25, 0.3) is 0 Å². The van der Waals surface area contributed by atoms with E-state index in [2.05, 4.69) is 5.32 Å². The van der Waals surface area contributed by atoms with Gasteiger partial charge in [-0.2, -0.15) is 0 Å². The molecule has 0 radical (unpaired) electrons. The van der Waals surface area contributed by atoms with Crippen LogP contribution in [0.15, 0.2) is 24.3 Å². The number of amides is 2. The Hall–Kier alpha value is -2.68. The van der Waals surface area contributed by atoms with E-state index in [1.54, 1.807) is 18.2 Å². The third-order valence-corrected chi connectivity index (χ3v) is 3.54. The molecule has 0 unspecified atom stereocenters. The first-order valence-electron chi connectivity index (χ1n) is 7.22. The zero-order valence-corrected chi connectivity index (χ0v) is 12.6. The normalized spacial score (nSPS) is 15.5. The Morgan fingerprint density at radius 1 is 1.29 bits per heavy atom. The maximum absolute atomic E-state index is 13.4. The number of carbonyl (C=O) groups is 3. The third-order valence-electron chi connectivity index (χ3n) is 3.54. The Labute approximate surface area is 136 Å². The van der Waals surface area contributed by atoms with Crippen molar-refractivity contribution in [3.8, 4) is 0 Å². The molecule has 1 aliphatic heterocycles. The summed E-state index contributed by atoms with van der Waals surface area (Å²) in [5.74, 6) is -3.11. The van der Waals surface area contributed by atoms with Crippen LogP contribution in [0.2, 0.25) is 0 Å². The second-order valence-electron chi connectivity index (χ2n) is 5.37. The van der Waals surface area contributed by atoms with E-state index in [4.69, 9.17) is 14.9 Å². The second kappa shape index (κ2) is 7.73. The van der Waals surface area contributed by atoms with Gasteiger partial charge in [-0.1, -0.05) is 18.2 Å². The fourth-order valence-corrected chi connectivity index (χ4v) is 2.15. The predicted octanol–water partition coefficient (Wildman–Crippen LogP) is 0.664. The van der Waals surface area contributed by atoms with Gasteiger partial charge in [0.2, 0.25) is 0 Å². The molecule has 130 valence electrons. The number of ether oxygens (including phenoxy) is 1. The fraction of sp³-hybridized carbons (Fsp3) is 0.400. The number of carboxylic acid groups (broad SMARTS) is 2. The molecule has 0 spiro atoms. The fourth-order valence-electron chi connectivity index (χ4n) is 2.15. The van der Waals surface area contributed by atoms with Crippen LogP contribution in [0.1, 0.15) is 12.0 Å². The van der Waals surface area contributed by atoms with Gasteiger partial charge in [-0.15, -0.1) is 0 Å². The Balaban J connectivity index is 1.75. The molecule has 1 heterocycles. The highest BCUT2D eigenvalue weighted by Crippen LogP contribution is 2.16. The van der Waals surface area contributed by atoms with Crippen LogP contribution in [0.3, 0.4) is 0 Å². The molecule has 3 N–H and O–H groups in total. The second-order valence-corrected chi connectivity index (χ2v) is 5.37. The lowest BCUT2D eigenvalue weighted by molar-refractivity contribution is -0.145. The van der Waals surface area contributed by atoms with Crippen molar-refractivity contribution < 1.29 is 33.7 Å². The molecule has 24 heavy (non-hydrogen) atoms. The van der Waals surface area contributed by atoms with Gasteiger partial charge >= 0.3 is 18.0 Å². The highest BCUT2D eigenvalue weighted by molar-refractivity contribution is 5.86. The van der Waals surface area contributed by atoms with Gasteiger partial charge in [-0.3, -0.25) is 4.79 Å². The number of benzene rings is 1. The molecule has 1 aromatic carbocycles. The molecule has 1 fully saturated rings. The number of hydrogen-bond acceptors (Lipinski definition) is 4. The summed E-state index contributed by atoms with van der Waals surface area (Å²) < 4.78 is 18.9. The van der Waals surface area contributed by atoms with Crippen molar-refractivity contribution in [3.63, 3.8) is 0 Å². The molecule has 2 amide bonds. The van der Waals surface area contributed by atoms with Gasteiger partial charge in [0, 0.05) is 5.56 Å². The van der Waals surface area contributed by atoms with Crippen LogP contribution in [0.4, 0.5) is 9.18 Å². The van der Waals surface area contributed by atoms with Crippen molar-refractivity contribution in [2.75, 3.05) is 13.1 Å². The molecule has 0 bridgehead atoms. The Morgan fingerprint density at radius 2 is 1.96 bits per heavy atom. The molecule has 1 atom stereocenters. The number of rotatable bonds is 7. The highest BCUT2D eigenvalue weighted by Gasteiger charge is 2.34. The third kappa shape index (κ3) is 4.66. The van der Waals surface area contributed by atoms with Gasteiger partial charge in [-0.05, 0) is 6.07 Å². The van der Waals surface area contributed by atoms with E-state index in [0.29, 0.717) is 5.56 Å². The van der Waals surface area contributed by atoms with Crippen molar-refractivity contribution in [3.05, 3.63) is 35.6 Å². The summed E-state index contributed by atoms with van der Waals surface area (Å²) >= 11 is 0. The Morgan fingerprint density at radius 3 is 2.54 bits per heavy atom. The lowest BCUT2D eigenvalue weighted by atomic mass is 10.1. The molecular formula is C15H17FN2O6. The van der Waals surface area contributed by atoms with Crippen LogP contribution in [0.5, 0.6) is 0 Å². The Kier molecular flexibility index (Phi) is 5.69.